The van der Waals surface area contributed by atoms with E-state index in [-0.39, 0.29) is 29.1 Å². The molecule has 0 unspecified atom stereocenters. The molecule has 3 heterocycles. The molecule has 70 heavy (non-hydrogen) atoms. The zero-order valence-electron chi connectivity index (χ0n) is 39.3. The molecule has 0 radical (unpaired) electrons. The van der Waals surface area contributed by atoms with Crippen molar-refractivity contribution in [2.45, 2.75) is 46.0 Å². The first-order chi connectivity index (χ1) is 33.8. The minimum Gasteiger partial charge on any atom is -0.457 e. The molecule has 0 N–H and O–H groups in total. The van der Waals surface area contributed by atoms with Crippen LogP contribution in [0.25, 0.3) is 61.0 Å². The van der Waals surface area contributed by atoms with Crippen molar-refractivity contribution in [3.8, 4) is 50.7 Å². The van der Waals surface area contributed by atoms with Crippen molar-refractivity contribution >= 4 is 44.6 Å². The number of halogens is 4. The summed E-state index contributed by atoms with van der Waals surface area (Å²) in [5.74, 6) is -0.711. The van der Waals surface area contributed by atoms with Gasteiger partial charge in [-0.15, -0.1) is 0 Å². The van der Waals surface area contributed by atoms with Gasteiger partial charge in [-0.25, -0.2) is 22.5 Å². The van der Waals surface area contributed by atoms with Crippen molar-refractivity contribution < 1.29 is 22.3 Å². The lowest BCUT2D eigenvalue weighted by molar-refractivity contribution is 0.483. The Labute approximate surface area is 404 Å². The number of hydrogen-bond donors (Lipinski definition) is 0. The monoisotopic (exact) mass is 928 g/mol. The molecular weight excluding hydrogens is 881 g/mol. The zero-order chi connectivity index (χ0) is 48.4. The number of nitrogens with zero attached hydrogens (tertiary/aromatic N) is 4. The molecule has 0 aliphatic carbocycles. The molecule has 5 nitrogen and oxygen atoms in total. The molecule has 9 heteroatoms. The van der Waals surface area contributed by atoms with Crippen LogP contribution in [0.3, 0.4) is 0 Å². The molecule has 11 rings (SSSR count). The van der Waals surface area contributed by atoms with Gasteiger partial charge in [-0.05, 0) is 124 Å². The summed E-state index contributed by atoms with van der Waals surface area (Å²) >= 11 is 0. The third kappa shape index (κ3) is 8.11. The van der Waals surface area contributed by atoms with Gasteiger partial charge in [0.15, 0.2) is 0 Å². The molecule has 0 fully saturated rings. The van der Waals surface area contributed by atoms with Gasteiger partial charge in [0.25, 0.3) is 0 Å². The van der Waals surface area contributed by atoms with E-state index >= 15 is 17.6 Å². The third-order valence-corrected chi connectivity index (χ3v) is 13.2. The number of fused-ring (bicyclic) bond motifs is 4. The first-order valence-electron chi connectivity index (χ1n) is 23.4. The standard InChI is InChI=1S/C61H48F4N4O/c1-37(2)49-13-6-7-14-50(49)40-29-46(34-48(30-40)70-47-21-22-54-53-15-8-9-18-55(53)69(58(54)35-47)59-31-41(23-24-66-59)61(3,4)5)67-36-68(57-20-11-10-19-56(57)67)60-51(38-25-42(62)32-43(63)26-38)16-12-17-52(60)39-27-44(64)33-45(65)28-39/h6-35,37H,36H2,1-5H3. The van der Waals surface area contributed by atoms with Crippen molar-refractivity contribution in [2.24, 2.45) is 0 Å². The SMILES string of the molecule is CC(C)c1ccccc1-c1cc(Oc2ccc3c4ccccc4n(-c4cc(C(C)(C)C)ccn4)c3c2)cc(N2CN(c3c(-c4cc(F)cc(F)c4)cccc3-c3cc(F)cc(F)c3)c3ccccc32)c1. The molecule has 0 saturated carbocycles. The van der Waals surface area contributed by atoms with Crippen molar-refractivity contribution in [3.05, 3.63) is 217 Å². The van der Waals surface area contributed by atoms with Crippen LogP contribution in [0.5, 0.6) is 11.5 Å². The van der Waals surface area contributed by atoms with Crippen molar-refractivity contribution in [1.29, 1.82) is 0 Å². The summed E-state index contributed by atoms with van der Waals surface area (Å²) < 4.78 is 69.3. The molecule has 1 aliphatic rings. The summed E-state index contributed by atoms with van der Waals surface area (Å²) in [7, 11) is 0. The predicted molar refractivity (Wildman–Crippen MR) is 276 cm³/mol. The summed E-state index contributed by atoms with van der Waals surface area (Å²) in [5, 5.41) is 2.18. The van der Waals surface area contributed by atoms with E-state index in [1.165, 1.54) is 35.4 Å². The second-order valence-electron chi connectivity index (χ2n) is 19.2. The van der Waals surface area contributed by atoms with Gasteiger partial charge in [0.05, 0.1) is 28.1 Å². The van der Waals surface area contributed by atoms with Gasteiger partial charge in [0, 0.05) is 58.0 Å². The van der Waals surface area contributed by atoms with Crippen molar-refractivity contribution in [1.82, 2.24) is 9.55 Å². The van der Waals surface area contributed by atoms with Crippen molar-refractivity contribution in [3.63, 3.8) is 0 Å². The van der Waals surface area contributed by atoms with Gasteiger partial charge < -0.3 is 14.5 Å². The minimum absolute atomic E-state index is 0.0817. The van der Waals surface area contributed by atoms with Crippen LogP contribution in [0.15, 0.2) is 182 Å². The quantitative estimate of drug-likeness (QED) is 0.135. The third-order valence-electron chi connectivity index (χ3n) is 13.2. The van der Waals surface area contributed by atoms with E-state index in [0.717, 1.165) is 67.9 Å². The van der Waals surface area contributed by atoms with Crippen molar-refractivity contribution in [2.75, 3.05) is 16.5 Å². The molecule has 2 aromatic heterocycles. The fourth-order valence-electron chi connectivity index (χ4n) is 9.97. The Balaban J connectivity index is 1.08. The van der Waals surface area contributed by atoms with Gasteiger partial charge in [0.1, 0.15) is 47.3 Å². The van der Waals surface area contributed by atoms with Gasteiger partial charge >= 0.3 is 0 Å². The maximum Gasteiger partial charge on any atom is 0.137 e. The number of ether oxygens (including phenoxy) is 1. The van der Waals surface area contributed by atoms with Crippen LogP contribution in [0.2, 0.25) is 0 Å². The molecule has 0 bridgehead atoms. The highest BCUT2D eigenvalue weighted by atomic mass is 19.1. The average molecular weight is 929 g/mol. The normalized spacial score (nSPS) is 12.7. The van der Waals surface area contributed by atoms with E-state index < -0.39 is 23.3 Å². The van der Waals surface area contributed by atoms with Gasteiger partial charge in [0.2, 0.25) is 0 Å². The first kappa shape index (κ1) is 44.3. The number of pyridine rings is 1. The Morgan fingerprint density at radius 3 is 1.77 bits per heavy atom. The van der Waals surface area contributed by atoms with Crippen LogP contribution >= 0.6 is 0 Å². The molecule has 0 amide bonds. The Kier molecular flexibility index (Phi) is 11.0. The predicted octanol–water partition coefficient (Wildman–Crippen LogP) is 17.2. The Morgan fingerprint density at radius 1 is 0.514 bits per heavy atom. The van der Waals surface area contributed by atoms with Crippen LogP contribution in [-0.4, -0.2) is 16.2 Å². The first-order valence-corrected chi connectivity index (χ1v) is 23.4. The summed E-state index contributed by atoms with van der Waals surface area (Å²) in [5.41, 5.74) is 10.7. The molecule has 1 aliphatic heterocycles. The molecule has 0 atom stereocenters. The lowest BCUT2D eigenvalue weighted by atomic mass is 9.88. The summed E-state index contributed by atoms with van der Waals surface area (Å²) in [6, 6.07) is 53.3. The Hall–Kier alpha value is -8.17. The second-order valence-corrected chi connectivity index (χ2v) is 19.2. The van der Waals surface area contributed by atoms with E-state index in [4.69, 9.17) is 9.72 Å². The van der Waals surface area contributed by atoms with E-state index in [1.54, 1.807) is 18.2 Å². The number of rotatable bonds is 9. The topological polar surface area (TPSA) is 33.5 Å². The number of hydrogen-bond acceptors (Lipinski definition) is 4. The maximum absolute atomic E-state index is 15.0. The van der Waals surface area contributed by atoms with Crippen LogP contribution in [-0.2, 0) is 5.41 Å². The Bertz CT molecular complexity index is 3560. The number of aromatic nitrogens is 2. The number of para-hydroxylation sites is 4. The van der Waals surface area contributed by atoms with E-state index in [0.29, 0.717) is 28.3 Å². The summed E-state index contributed by atoms with van der Waals surface area (Å²) in [6.07, 6.45) is 1.87. The molecule has 8 aromatic carbocycles. The van der Waals surface area contributed by atoms with Crippen LogP contribution < -0.4 is 14.5 Å². The zero-order valence-corrected chi connectivity index (χ0v) is 39.3. The minimum atomic E-state index is -0.746. The van der Waals surface area contributed by atoms with E-state index in [2.05, 4.69) is 117 Å². The Morgan fingerprint density at radius 2 is 1.10 bits per heavy atom. The van der Waals surface area contributed by atoms with Crippen LogP contribution in [0.1, 0.15) is 51.7 Å². The van der Waals surface area contributed by atoms with Gasteiger partial charge in [-0.3, -0.25) is 4.57 Å². The molecular formula is C61H48F4N4O. The lowest BCUT2D eigenvalue weighted by Gasteiger charge is -2.27. The lowest BCUT2D eigenvalue weighted by Crippen LogP contribution is -2.25. The molecule has 10 aromatic rings. The summed E-state index contributed by atoms with van der Waals surface area (Å²) in [6.45, 7) is 11.2. The van der Waals surface area contributed by atoms with Crippen LogP contribution in [0.4, 0.5) is 40.3 Å². The molecule has 0 saturated heterocycles. The number of benzene rings is 8. The highest BCUT2D eigenvalue weighted by Crippen LogP contribution is 2.51. The smallest absolute Gasteiger partial charge is 0.137 e. The number of anilines is 4. The molecule has 0 spiro atoms. The van der Waals surface area contributed by atoms with Gasteiger partial charge in [-0.1, -0.05) is 107 Å². The maximum atomic E-state index is 15.0. The summed E-state index contributed by atoms with van der Waals surface area (Å²) in [4.78, 5) is 9.09. The van der Waals surface area contributed by atoms with Gasteiger partial charge in [-0.2, -0.15) is 0 Å². The average Bonchev–Trinajstić information content (AvgIpc) is 3.89. The van der Waals surface area contributed by atoms with E-state index in [9.17, 15) is 0 Å². The largest absolute Gasteiger partial charge is 0.457 e. The molecule has 346 valence electrons. The highest BCUT2D eigenvalue weighted by molar-refractivity contribution is 6.09. The fourth-order valence-corrected chi connectivity index (χ4v) is 9.97. The fraction of sp³-hybridized carbons (Fsp3) is 0.131. The highest BCUT2D eigenvalue weighted by Gasteiger charge is 2.32. The van der Waals surface area contributed by atoms with E-state index in [1.807, 2.05) is 59.6 Å². The second kappa shape index (κ2) is 17.4. The van der Waals surface area contributed by atoms with Crippen LogP contribution in [0, 0.1) is 23.3 Å².